The molecule has 0 aliphatic carbocycles. The smallest absolute Gasteiger partial charge is 0.124 e. The number of hydrogen-bond acceptors (Lipinski definition) is 2. The molecule has 0 atom stereocenters. The minimum Gasteiger partial charge on any atom is -0.488 e. The number of thiophene rings is 1. The fourth-order valence-electron chi connectivity index (χ4n) is 1.52. The van der Waals surface area contributed by atoms with E-state index in [9.17, 15) is 0 Å². The average Bonchev–Trinajstić information content (AvgIpc) is 2.73. The molecular weight excluding hydrogens is 364 g/mol. The van der Waals surface area contributed by atoms with Gasteiger partial charge in [-0.15, -0.1) is 11.3 Å². The molecule has 0 saturated heterocycles. The molecule has 0 amide bonds. The highest BCUT2D eigenvalue weighted by molar-refractivity contribution is 9.10. The second-order valence-corrected chi connectivity index (χ2v) is 6.14. The summed E-state index contributed by atoms with van der Waals surface area (Å²) >= 11 is 8.70. The van der Waals surface area contributed by atoms with E-state index >= 15 is 0 Å². The predicted octanol–water partition coefficient (Wildman–Crippen LogP) is 5.29. The Bertz CT molecular complexity index is 508. The van der Waals surface area contributed by atoms with Gasteiger partial charge in [0.05, 0.1) is 4.88 Å². The number of ether oxygens (including phenoxy) is 1. The van der Waals surface area contributed by atoms with E-state index < -0.39 is 0 Å². The highest BCUT2D eigenvalue weighted by Crippen LogP contribution is 2.27. The minimum atomic E-state index is 0.612. The number of hydrogen-bond donors (Lipinski definition) is 0. The van der Waals surface area contributed by atoms with Gasteiger partial charge in [-0.25, -0.2) is 0 Å². The number of aryl methyl sites for hydroxylation is 1. The standard InChI is InChI=1S/C13H12Br2OS/c1-9-2-3-12(10(6-9)7-14)16-8-13-11(15)4-5-17-13/h2-6H,7-8H2,1H3. The van der Waals surface area contributed by atoms with Gasteiger partial charge in [0, 0.05) is 15.4 Å². The van der Waals surface area contributed by atoms with E-state index in [0.29, 0.717) is 6.61 Å². The number of halogens is 2. The van der Waals surface area contributed by atoms with Crippen molar-refractivity contribution >= 4 is 43.2 Å². The molecule has 0 aliphatic heterocycles. The molecule has 1 heterocycles. The van der Waals surface area contributed by atoms with Crippen molar-refractivity contribution in [2.45, 2.75) is 18.9 Å². The zero-order valence-electron chi connectivity index (χ0n) is 9.37. The third-order valence-corrected chi connectivity index (χ3v) is 4.91. The summed E-state index contributed by atoms with van der Waals surface area (Å²) in [5.41, 5.74) is 2.45. The maximum Gasteiger partial charge on any atom is 0.124 e. The summed E-state index contributed by atoms with van der Waals surface area (Å²) in [5.74, 6) is 0.952. The normalized spacial score (nSPS) is 10.5. The molecule has 1 aromatic carbocycles. The summed E-state index contributed by atoms with van der Waals surface area (Å²) in [6.45, 7) is 2.70. The van der Waals surface area contributed by atoms with Gasteiger partial charge in [-0.3, -0.25) is 0 Å². The Labute approximate surface area is 122 Å². The lowest BCUT2D eigenvalue weighted by molar-refractivity contribution is 0.307. The van der Waals surface area contributed by atoms with E-state index in [1.165, 1.54) is 16.0 Å². The zero-order valence-corrected chi connectivity index (χ0v) is 13.4. The molecule has 0 bridgehead atoms. The van der Waals surface area contributed by atoms with Crippen molar-refractivity contribution in [2.24, 2.45) is 0 Å². The quantitative estimate of drug-likeness (QED) is 0.659. The van der Waals surface area contributed by atoms with Gasteiger partial charge in [0.1, 0.15) is 12.4 Å². The van der Waals surface area contributed by atoms with Crippen LogP contribution in [0.1, 0.15) is 16.0 Å². The molecule has 90 valence electrons. The highest BCUT2D eigenvalue weighted by atomic mass is 79.9. The minimum absolute atomic E-state index is 0.612. The summed E-state index contributed by atoms with van der Waals surface area (Å²) in [4.78, 5) is 1.21. The third kappa shape index (κ3) is 3.33. The molecule has 0 unspecified atom stereocenters. The molecule has 2 rings (SSSR count). The zero-order chi connectivity index (χ0) is 12.3. The summed E-state index contributed by atoms with van der Waals surface area (Å²) in [6, 6.07) is 8.30. The van der Waals surface area contributed by atoms with Crippen LogP contribution in [0.25, 0.3) is 0 Å². The van der Waals surface area contributed by atoms with Crippen LogP contribution in [0.4, 0.5) is 0 Å². The summed E-state index contributed by atoms with van der Waals surface area (Å²) in [5, 5.41) is 2.87. The van der Waals surface area contributed by atoms with E-state index in [1.54, 1.807) is 11.3 Å². The van der Waals surface area contributed by atoms with Crippen LogP contribution >= 0.6 is 43.2 Å². The van der Waals surface area contributed by atoms with E-state index in [0.717, 1.165) is 15.6 Å². The molecule has 0 aliphatic rings. The second-order valence-electron chi connectivity index (χ2n) is 3.73. The Morgan fingerprint density at radius 1 is 1.29 bits per heavy atom. The van der Waals surface area contributed by atoms with Crippen LogP contribution in [0, 0.1) is 6.92 Å². The summed E-state index contributed by atoms with van der Waals surface area (Å²) < 4.78 is 6.98. The van der Waals surface area contributed by atoms with Crippen molar-refractivity contribution < 1.29 is 4.74 Å². The number of alkyl halides is 1. The molecular formula is C13H12Br2OS. The van der Waals surface area contributed by atoms with Crippen LogP contribution < -0.4 is 4.74 Å². The van der Waals surface area contributed by atoms with Crippen LogP contribution in [0.3, 0.4) is 0 Å². The van der Waals surface area contributed by atoms with Crippen molar-refractivity contribution in [1.29, 1.82) is 0 Å². The van der Waals surface area contributed by atoms with Gasteiger partial charge < -0.3 is 4.74 Å². The molecule has 17 heavy (non-hydrogen) atoms. The van der Waals surface area contributed by atoms with Crippen molar-refractivity contribution in [3.63, 3.8) is 0 Å². The van der Waals surface area contributed by atoms with Gasteiger partial charge in [-0.2, -0.15) is 0 Å². The molecule has 0 saturated carbocycles. The molecule has 2 aromatic rings. The van der Waals surface area contributed by atoms with E-state index in [1.807, 2.05) is 12.1 Å². The molecule has 1 aromatic heterocycles. The molecule has 0 radical (unpaired) electrons. The fourth-order valence-corrected chi connectivity index (χ4v) is 3.34. The van der Waals surface area contributed by atoms with Crippen LogP contribution in [0.2, 0.25) is 0 Å². The Morgan fingerprint density at radius 3 is 2.76 bits per heavy atom. The largest absolute Gasteiger partial charge is 0.488 e. The van der Waals surface area contributed by atoms with Gasteiger partial charge >= 0.3 is 0 Å². The van der Waals surface area contributed by atoms with E-state index in [-0.39, 0.29) is 0 Å². The first kappa shape index (κ1) is 13.1. The maximum atomic E-state index is 5.86. The van der Waals surface area contributed by atoms with Crippen molar-refractivity contribution in [2.75, 3.05) is 0 Å². The molecule has 4 heteroatoms. The van der Waals surface area contributed by atoms with Gasteiger partial charge in [0.25, 0.3) is 0 Å². The average molecular weight is 376 g/mol. The number of rotatable bonds is 4. The van der Waals surface area contributed by atoms with Gasteiger partial charge in [-0.1, -0.05) is 33.6 Å². The SMILES string of the molecule is Cc1ccc(OCc2sccc2Br)c(CBr)c1. The van der Waals surface area contributed by atoms with Crippen LogP contribution in [-0.4, -0.2) is 0 Å². The second kappa shape index (κ2) is 6.03. The Hall–Kier alpha value is -0.320. The monoisotopic (exact) mass is 374 g/mol. The Kier molecular flexibility index (Phi) is 4.65. The number of benzene rings is 1. The first-order valence-corrected chi connectivity index (χ1v) is 8.00. The van der Waals surface area contributed by atoms with Gasteiger partial charge in [0.15, 0.2) is 0 Å². The van der Waals surface area contributed by atoms with Crippen molar-refractivity contribution in [3.05, 3.63) is 50.1 Å². The summed E-state index contributed by atoms with van der Waals surface area (Å²) in [7, 11) is 0. The first-order valence-electron chi connectivity index (χ1n) is 5.21. The topological polar surface area (TPSA) is 9.23 Å². The lowest BCUT2D eigenvalue weighted by atomic mass is 10.1. The highest BCUT2D eigenvalue weighted by Gasteiger charge is 2.06. The Balaban J connectivity index is 2.11. The molecule has 0 spiro atoms. The lowest BCUT2D eigenvalue weighted by Crippen LogP contribution is -1.97. The molecule has 0 fully saturated rings. The van der Waals surface area contributed by atoms with Gasteiger partial charge in [0.2, 0.25) is 0 Å². The molecule has 0 N–H and O–H groups in total. The fraction of sp³-hybridized carbons (Fsp3) is 0.231. The molecule has 1 nitrogen and oxygen atoms in total. The van der Waals surface area contributed by atoms with Crippen LogP contribution in [0.15, 0.2) is 34.1 Å². The van der Waals surface area contributed by atoms with Crippen LogP contribution in [0.5, 0.6) is 5.75 Å². The predicted molar refractivity (Wildman–Crippen MR) is 80.2 cm³/mol. The van der Waals surface area contributed by atoms with Crippen LogP contribution in [-0.2, 0) is 11.9 Å². The lowest BCUT2D eigenvalue weighted by Gasteiger charge is -2.10. The van der Waals surface area contributed by atoms with E-state index in [4.69, 9.17) is 4.74 Å². The van der Waals surface area contributed by atoms with E-state index in [2.05, 4.69) is 56.3 Å². The van der Waals surface area contributed by atoms with Gasteiger partial charge in [-0.05, 0) is 40.4 Å². The van der Waals surface area contributed by atoms with Crippen molar-refractivity contribution in [1.82, 2.24) is 0 Å². The Morgan fingerprint density at radius 2 is 2.12 bits per heavy atom. The van der Waals surface area contributed by atoms with Crippen molar-refractivity contribution in [3.8, 4) is 5.75 Å². The first-order chi connectivity index (χ1) is 8.20. The summed E-state index contributed by atoms with van der Waals surface area (Å²) in [6.07, 6.45) is 0. The maximum absolute atomic E-state index is 5.86. The third-order valence-electron chi connectivity index (χ3n) is 2.41.